The third-order valence-corrected chi connectivity index (χ3v) is 4.13. The van der Waals surface area contributed by atoms with E-state index in [1.54, 1.807) is 6.07 Å². The molecule has 0 bridgehead atoms. The van der Waals surface area contributed by atoms with Gasteiger partial charge in [0, 0.05) is 24.4 Å². The lowest BCUT2D eigenvalue weighted by atomic mass is 9.86. The molecule has 2 aliphatic carbocycles. The first-order valence-corrected chi connectivity index (χ1v) is 7.17. The van der Waals surface area contributed by atoms with E-state index >= 15 is 0 Å². The van der Waals surface area contributed by atoms with Crippen molar-refractivity contribution in [2.45, 2.75) is 50.5 Å². The second kappa shape index (κ2) is 5.33. The molecule has 2 aliphatic rings. The summed E-state index contributed by atoms with van der Waals surface area (Å²) in [5, 5.41) is 16.5. The van der Waals surface area contributed by atoms with Crippen LogP contribution in [0.3, 0.4) is 0 Å². The second-order valence-electron chi connectivity index (χ2n) is 5.71. The molecule has 5 nitrogen and oxygen atoms in total. The van der Waals surface area contributed by atoms with E-state index in [0.29, 0.717) is 18.2 Å². The first-order chi connectivity index (χ1) is 9.24. The molecule has 0 aromatic carbocycles. The van der Waals surface area contributed by atoms with Gasteiger partial charge in [-0.25, -0.2) is 0 Å². The number of aliphatic hydroxyl groups excluding tert-OH is 1. The molecule has 1 aromatic rings. The van der Waals surface area contributed by atoms with Crippen molar-refractivity contribution in [3.8, 4) is 0 Å². The zero-order valence-electron chi connectivity index (χ0n) is 11.0. The van der Waals surface area contributed by atoms with Crippen molar-refractivity contribution >= 4 is 5.91 Å². The van der Waals surface area contributed by atoms with Gasteiger partial charge in [-0.1, -0.05) is 18.0 Å². The van der Waals surface area contributed by atoms with Gasteiger partial charge in [-0.2, -0.15) is 0 Å². The molecular formula is C14H20N2O3. The van der Waals surface area contributed by atoms with Crippen molar-refractivity contribution in [2.75, 3.05) is 6.54 Å². The largest absolute Gasteiger partial charge is 0.393 e. The maximum absolute atomic E-state index is 11.9. The van der Waals surface area contributed by atoms with E-state index in [4.69, 9.17) is 4.52 Å². The Morgan fingerprint density at radius 1 is 1.37 bits per heavy atom. The third-order valence-electron chi connectivity index (χ3n) is 4.13. The summed E-state index contributed by atoms with van der Waals surface area (Å²) in [6, 6.07) is 1.74. The van der Waals surface area contributed by atoms with Crippen LogP contribution in [-0.2, 0) is 0 Å². The van der Waals surface area contributed by atoms with Gasteiger partial charge >= 0.3 is 0 Å². The molecule has 3 rings (SSSR count). The van der Waals surface area contributed by atoms with Crippen LogP contribution < -0.4 is 5.32 Å². The zero-order chi connectivity index (χ0) is 13.2. The molecule has 1 heterocycles. The maximum atomic E-state index is 11.9. The number of carbonyl (C=O) groups excluding carboxylic acids is 1. The molecule has 5 heteroatoms. The predicted octanol–water partition coefficient (Wildman–Crippen LogP) is 1.83. The van der Waals surface area contributed by atoms with E-state index in [1.165, 1.54) is 0 Å². The van der Waals surface area contributed by atoms with Crippen LogP contribution >= 0.6 is 0 Å². The Hall–Kier alpha value is -1.36. The van der Waals surface area contributed by atoms with Crippen molar-refractivity contribution in [3.05, 3.63) is 17.5 Å². The summed E-state index contributed by atoms with van der Waals surface area (Å²) >= 11 is 0. The molecule has 2 unspecified atom stereocenters. The number of aliphatic hydroxyl groups is 1. The Morgan fingerprint density at radius 2 is 2.16 bits per heavy atom. The number of nitrogens with one attached hydrogen (secondary N) is 1. The van der Waals surface area contributed by atoms with Gasteiger partial charge in [0.1, 0.15) is 5.76 Å². The van der Waals surface area contributed by atoms with E-state index < -0.39 is 0 Å². The van der Waals surface area contributed by atoms with Gasteiger partial charge in [0.25, 0.3) is 5.91 Å². The van der Waals surface area contributed by atoms with Crippen molar-refractivity contribution in [1.29, 1.82) is 0 Å². The van der Waals surface area contributed by atoms with Gasteiger partial charge < -0.3 is 14.9 Å². The number of carbonyl (C=O) groups is 1. The van der Waals surface area contributed by atoms with Crippen LogP contribution in [0, 0.1) is 5.92 Å². The standard InChI is InChI=1S/C14H20N2O3/c17-12-4-2-1-3-10(12)8-15-14(18)11-7-13(19-16-11)9-5-6-9/h7,9-10,12,17H,1-6,8H2,(H,15,18). The quantitative estimate of drug-likeness (QED) is 0.870. The van der Waals surface area contributed by atoms with E-state index in [0.717, 1.165) is 44.3 Å². The highest BCUT2D eigenvalue weighted by Gasteiger charge is 2.29. The minimum atomic E-state index is -0.284. The second-order valence-corrected chi connectivity index (χ2v) is 5.71. The zero-order valence-corrected chi connectivity index (χ0v) is 11.0. The highest BCUT2D eigenvalue weighted by molar-refractivity contribution is 5.92. The first kappa shape index (κ1) is 12.7. The summed E-state index contributed by atoms with van der Waals surface area (Å²) in [6.07, 6.45) is 6.01. The van der Waals surface area contributed by atoms with Crippen LogP contribution in [0.5, 0.6) is 0 Å². The molecular weight excluding hydrogens is 244 g/mol. The Labute approximate surface area is 112 Å². The molecule has 0 radical (unpaired) electrons. The van der Waals surface area contributed by atoms with Gasteiger partial charge in [0.2, 0.25) is 0 Å². The van der Waals surface area contributed by atoms with Gasteiger partial charge in [0.05, 0.1) is 6.10 Å². The fourth-order valence-electron chi connectivity index (χ4n) is 2.70. The SMILES string of the molecule is O=C(NCC1CCCCC1O)c1cc(C2CC2)on1. The molecule has 0 saturated heterocycles. The Balaban J connectivity index is 1.52. The summed E-state index contributed by atoms with van der Waals surface area (Å²) in [5.41, 5.74) is 0.354. The minimum absolute atomic E-state index is 0.174. The van der Waals surface area contributed by atoms with Gasteiger partial charge in [-0.3, -0.25) is 4.79 Å². The van der Waals surface area contributed by atoms with Gasteiger partial charge in [-0.05, 0) is 25.7 Å². The summed E-state index contributed by atoms with van der Waals surface area (Å²) in [5.74, 6) is 1.26. The lowest BCUT2D eigenvalue weighted by Crippen LogP contribution is -2.36. The van der Waals surface area contributed by atoms with Crippen molar-refractivity contribution in [1.82, 2.24) is 10.5 Å². The summed E-state index contributed by atoms with van der Waals surface area (Å²) in [7, 11) is 0. The molecule has 2 fully saturated rings. The van der Waals surface area contributed by atoms with Crippen LogP contribution in [-0.4, -0.2) is 28.8 Å². The third kappa shape index (κ3) is 2.97. The predicted molar refractivity (Wildman–Crippen MR) is 68.8 cm³/mol. The highest BCUT2D eigenvalue weighted by Crippen LogP contribution is 2.40. The molecule has 1 amide bonds. The molecule has 2 N–H and O–H groups in total. The molecule has 2 saturated carbocycles. The fourth-order valence-corrected chi connectivity index (χ4v) is 2.70. The minimum Gasteiger partial charge on any atom is -0.393 e. The fraction of sp³-hybridized carbons (Fsp3) is 0.714. The number of hydrogen-bond donors (Lipinski definition) is 2. The van der Waals surface area contributed by atoms with Crippen LogP contribution in [0.25, 0.3) is 0 Å². The Morgan fingerprint density at radius 3 is 2.89 bits per heavy atom. The summed E-state index contributed by atoms with van der Waals surface area (Å²) in [4.78, 5) is 11.9. The number of amides is 1. The normalized spacial score (nSPS) is 27.2. The van der Waals surface area contributed by atoms with Crippen LogP contribution in [0.1, 0.15) is 60.7 Å². The van der Waals surface area contributed by atoms with Crippen LogP contribution in [0.15, 0.2) is 10.6 Å². The van der Waals surface area contributed by atoms with Crippen molar-refractivity contribution in [3.63, 3.8) is 0 Å². The molecule has 0 spiro atoms. The summed E-state index contributed by atoms with van der Waals surface area (Å²) in [6.45, 7) is 0.519. The van der Waals surface area contributed by atoms with E-state index in [-0.39, 0.29) is 17.9 Å². The molecule has 2 atom stereocenters. The average Bonchev–Trinajstić information content (AvgIpc) is 3.15. The van der Waals surface area contributed by atoms with Gasteiger partial charge in [0.15, 0.2) is 5.69 Å². The van der Waals surface area contributed by atoms with E-state index in [1.807, 2.05) is 0 Å². The van der Waals surface area contributed by atoms with Crippen LogP contribution in [0.4, 0.5) is 0 Å². The number of nitrogens with zero attached hydrogens (tertiary/aromatic N) is 1. The molecule has 1 aromatic heterocycles. The maximum Gasteiger partial charge on any atom is 0.273 e. The Bertz CT molecular complexity index is 453. The van der Waals surface area contributed by atoms with E-state index in [2.05, 4.69) is 10.5 Å². The van der Waals surface area contributed by atoms with Crippen molar-refractivity contribution in [2.24, 2.45) is 5.92 Å². The smallest absolute Gasteiger partial charge is 0.273 e. The monoisotopic (exact) mass is 264 g/mol. The Kier molecular flexibility index (Phi) is 3.55. The van der Waals surface area contributed by atoms with Crippen LogP contribution in [0.2, 0.25) is 0 Å². The molecule has 0 aliphatic heterocycles. The number of aromatic nitrogens is 1. The van der Waals surface area contributed by atoms with E-state index in [9.17, 15) is 9.90 Å². The van der Waals surface area contributed by atoms with Crippen molar-refractivity contribution < 1.29 is 14.4 Å². The highest BCUT2D eigenvalue weighted by atomic mass is 16.5. The number of rotatable bonds is 4. The van der Waals surface area contributed by atoms with Gasteiger partial charge in [-0.15, -0.1) is 0 Å². The number of hydrogen-bond acceptors (Lipinski definition) is 4. The topological polar surface area (TPSA) is 75.4 Å². The summed E-state index contributed by atoms with van der Waals surface area (Å²) < 4.78 is 5.16. The first-order valence-electron chi connectivity index (χ1n) is 7.17. The lowest BCUT2D eigenvalue weighted by molar-refractivity contribution is 0.0661. The average molecular weight is 264 g/mol. The molecule has 19 heavy (non-hydrogen) atoms. The lowest BCUT2D eigenvalue weighted by Gasteiger charge is -2.27. The molecule has 104 valence electrons.